The Labute approximate surface area is 68.0 Å². The highest BCUT2D eigenvalue weighted by Gasteiger charge is 2.11. The molecular weight excluding hydrogens is 142 g/mol. The number of thioether (sulfide) groups is 1. The molecule has 0 aromatic rings. The Kier molecular flexibility index (Phi) is 4.23. The van der Waals surface area contributed by atoms with Crippen molar-refractivity contribution in [3.8, 4) is 0 Å². The normalized spacial score (nSPS) is 21.3. The van der Waals surface area contributed by atoms with Crippen molar-refractivity contribution in [3.63, 3.8) is 0 Å². The van der Waals surface area contributed by atoms with Crippen LogP contribution >= 0.6 is 11.8 Å². The van der Waals surface area contributed by atoms with E-state index in [0.29, 0.717) is 0 Å². The minimum atomic E-state index is 0.973. The van der Waals surface area contributed by atoms with Crippen LogP contribution in [0.1, 0.15) is 19.8 Å². The Morgan fingerprint density at radius 1 is 1.40 bits per heavy atom. The third-order valence-electron chi connectivity index (χ3n) is 2.02. The Morgan fingerprint density at radius 3 is 2.70 bits per heavy atom. The second kappa shape index (κ2) is 5.03. The summed E-state index contributed by atoms with van der Waals surface area (Å²) in [5.74, 6) is 3.74. The van der Waals surface area contributed by atoms with E-state index in [4.69, 9.17) is 0 Å². The summed E-state index contributed by atoms with van der Waals surface area (Å²) in [6, 6.07) is 0. The highest BCUT2D eigenvalue weighted by atomic mass is 32.2. The van der Waals surface area contributed by atoms with E-state index < -0.39 is 0 Å². The van der Waals surface area contributed by atoms with Crippen LogP contribution in [0.4, 0.5) is 0 Å². The maximum absolute atomic E-state index is 3.41. The minimum Gasteiger partial charge on any atom is -0.317 e. The van der Waals surface area contributed by atoms with Gasteiger partial charge in [-0.25, -0.2) is 0 Å². The van der Waals surface area contributed by atoms with Crippen LogP contribution in [0, 0.1) is 5.92 Å². The molecule has 1 aliphatic rings. The Morgan fingerprint density at radius 2 is 2.10 bits per heavy atom. The van der Waals surface area contributed by atoms with E-state index in [0.717, 1.165) is 12.5 Å². The molecule has 10 heavy (non-hydrogen) atoms. The topological polar surface area (TPSA) is 12.0 Å². The van der Waals surface area contributed by atoms with Crippen LogP contribution in [0.25, 0.3) is 0 Å². The van der Waals surface area contributed by atoms with Gasteiger partial charge in [0.25, 0.3) is 0 Å². The van der Waals surface area contributed by atoms with Crippen molar-refractivity contribution in [1.29, 1.82) is 0 Å². The molecule has 1 rings (SSSR count). The third-order valence-corrected chi connectivity index (χ3v) is 3.07. The first-order valence-corrected chi connectivity index (χ1v) is 5.37. The summed E-state index contributed by atoms with van der Waals surface area (Å²) < 4.78 is 0. The van der Waals surface area contributed by atoms with Crippen molar-refractivity contribution in [2.24, 2.45) is 5.92 Å². The summed E-state index contributed by atoms with van der Waals surface area (Å²) in [6.45, 7) is 4.55. The average molecular weight is 159 g/mol. The summed E-state index contributed by atoms with van der Waals surface area (Å²) in [5.41, 5.74) is 0. The molecule has 0 radical (unpaired) electrons. The van der Waals surface area contributed by atoms with Gasteiger partial charge in [-0.1, -0.05) is 6.92 Å². The van der Waals surface area contributed by atoms with Crippen molar-refractivity contribution in [2.75, 3.05) is 24.6 Å². The van der Waals surface area contributed by atoms with Crippen LogP contribution in [0.15, 0.2) is 0 Å². The van der Waals surface area contributed by atoms with E-state index in [9.17, 15) is 0 Å². The molecule has 1 aliphatic heterocycles. The predicted octanol–water partition coefficient (Wildman–Crippen LogP) is 1.74. The van der Waals surface area contributed by atoms with Gasteiger partial charge in [0, 0.05) is 0 Å². The zero-order chi connectivity index (χ0) is 7.23. The average Bonchev–Trinajstić information content (AvgIpc) is 2.03. The second-order valence-corrected chi connectivity index (χ2v) is 4.09. The van der Waals surface area contributed by atoms with Crippen LogP contribution in [-0.4, -0.2) is 24.6 Å². The molecule has 0 aliphatic carbocycles. The van der Waals surface area contributed by atoms with E-state index in [1.165, 1.54) is 30.9 Å². The fourth-order valence-electron chi connectivity index (χ4n) is 1.30. The van der Waals surface area contributed by atoms with E-state index >= 15 is 0 Å². The van der Waals surface area contributed by atoms with Gasteiger partial charge < -0.3 is 5.32 Å². The van der Waals surface area contributed by atoms with Gasteiger partial charge >= 0.3 is 0 Å². The SMILES string of the molecule is CCNCC1CCSCC1. The molecule has 0 spiro atoms. The van der Waals surface area contributed by atoms with Crippen LogP contribution in [-0.2, 0) is 0 Å². The molecule has 1 saturated heterocycles. The fourth-order valence-corrected chi connectivity index (χ4v) is 2.50. The van der Waals surface area contributed by atoms with Crippen molar-refractivity contribution < 1.29 is 0 Å². The molecule has 2 heteroatoms. The van der Waals surface area contributed by atoms with Gasteiger partial charge in [-0.05, 0) is 43.4 Å². The Bertz CT molecular complexity index is 79.3. The lowest BCUT2D eigenvalue weighted by molar-refractivity contribution is 0.454. The molecule has 0 unspecified atom stereocenters. The summed E-state index contributed by atoms with van der Waals surface area (Å²) in [5, 5.41) is 3.41. The lowest BCUT2D eigenvalue weighted by Crippen LogP contribution is -2.25. The summed E-state index contributed by atoms with van der Waals surface area (Å²) in [4.78, 5) is 0. The zero-order valence-corrected chi connectivity index (χ0v) is 7.54. The third kappa shape index (κ3) is 2.93. The van der Waals surface area contributed by atoms with E-state index in [2.05, 4.69) is 24.0 Å². The lowest BCUT2D eigenvalue weighted by Gasteiger charge is -2.20. The molecule has 0 amide bonds. The monoisotopic (exact) mass is 159 g/mol. The molecule has 1 N–H and O–H groups in total. The van der Waals surface area contributed by atoms with Gasteiger partial charge in [0.1, 0.15) is 0 Å². The van der Waals surface area contributed by atoms with Gasteiger partial charge in [0.15, 0.2) is 0 Å². The van der Waals surface area contributed by atoms with Crippen molar-refractivity contribution in [3.05, 3.63) is 0 Å². The maximum Gasteiger partial charge on any atom is -0.00200 e. The number of hydrogen-bond acceptors (Lipinski definition) is 2. The molecular formula is C8H17NS. The highest BCUT2D eigenvalue weighted by molar-refractivity contribution is 7.99. The summed E-state index contributed by atoms with van der Waals surface area (Å²) >= 11 is 2.10. The molecule has 0 aromatic carbocycles. The maximum atomic E-state index is 3.41. The number of hydrogen-bond donors (Lipinski definition) is 1. The fraction of sp³-hybridized carbons (Fsp3) is 1.00. The largest absolute Gasteiger partial charge is 0.317 e. The van der Waals surface area contributed by atoms with E-state index in [-0.39, 0.29) is 0 Å². The van der Waals surface area contributed by atoms with Crippen LogP contribution in [0.2, 0.25) is 0 Å². The molecule has 1 nitrogen and oxygen atoms in total. The van der Waals surface area contributed by atoms with Gasteiger partial charge in [0.05, 0.1) is 0 Å². The molecule has 0 saturated carbocycles. The van der Waals surface area contributed by atoms with Crippen LogP contribution < -0.4 is 5.32 Å². The molecule has 60 valence electrons. The van der Waals surface area contributed by atoms with Gasteiger partial charge in [-0.2, -0.15) is 11.8 Å². The predicted molar refractivity (Wildman–Crippen MR) is 48.6 cm³/mol. The first-order chi connectivity index (χ1) is 4.93. The van der Waals surface area contributed by atoms with Crippen molar-refractivity contribution in [1.82, 2.24) is 5.32 Å². The van der Waals surface area contributed by atoms with Gasteiger partial charge in [-0.15, -0.1) is 0 Å². The standard InChI is InChI=1S/C8H17NS/c1-2-9-7-8-3-5-10-6-4-8/h8-9H,2-7H2,1H3. The first kappa shape index (κ1) is 8.41. The number of rotatable bonds is 3. The summed E-state index contributed by atoms with van der Waals surface area (Å²) in [6.07, 6.45) is 2.86. The smallest absolute Gasteiger partial charge is 0.00200 e. The van der Waals surface area contributed by atoms with E-state index in [1.807, 2.05) is 0 Å². The second-order valence-electron chi connectivity index (χ2n) is 2.86. The van der Waals surface area contributed by atoms with Crippen LogP contribution in [0.5, 0.6) is 0 Å². The zero-order valence-electron chi connectivity index (χ0n) is 6.73. The number of nitrogens with one attached hydrogen (secondary N) is 1. The molecule has 1 heterocycles. The van der Waals surface area contributed by atoms with E-state index in [1.54, 1.807) is 0 Å². The first-order valence-electron chi connectivity index (χ1n) is 4.22. The van der Waals surface area contributed by atoms with Gasteiger partial charge in [-0.3, -0.25) is 0 Å². The Hall–Kier alpha value is 0.310. The molecule has 0 bridgehead atoms. The van der Waals surface area contributed by atoms with Crippen molar-refractivity contribution >= 4 is 11.8 Å². The quantitative estimate of drug-likeness (QED) is 0.673. The lowest BCUT2D eigenvalue weighted by atomic mass is 10.0. The summed E-state index contributed by atoms with van der Waals surface area (Å²) in [7, 11) is 0. The minimum absolute atomic E-state index is 0.973. The highest BCUT2D eigenvalue weighted by Crippen LogP contribution is 2.21. The Balaban J connectivity index is 2.02. The van der Waals surface area contributed by atoms with Crippen LogP contribution in [0.3, 0.4) is 0 Å². The molecule has 0 atom stereocenters. The molecule has 1 fully saturated rings. The van der Waals surface area contributed by atoms with Gasteiger partial charge in [0.2, 0.25) is 0 Å². The molecule has 0 aromatic heterocycles. The van der Waals surface area contributed by atoms with Crippen molar-refractivity contribution in [2.45, 2.75) is 19.8 Å².